The topological polar surface area (TPSA) is 80.5 Å². The van der Waals surface area contributed by atoms with Gasteiger partial charge in [-0.25, -0.2) is 8.42 Å². The molecule has 0 radical (unpaired) electrons. The molecule has 1 aliphatic rings. The molecule has 1 fully saturated rings. The van der Waals surface area contributed by atoms with Gasteiger partial charge in [-0.2, -0.15) is 0 Å². The molecule has 2 N–H and O–H groups in total. The van der Waals surface area contributed by atoms with Crippen molar-refractivity contribution < 1.29 is 13.2 Å². The van der Waals surface area contributed by atoms with Gasteiger partial charge in [-0.3, -0.25) is 4.79 Å². The molecule has 0 aromatic carbocycles. The Morgan fingerprint density at radius 2 is 2.00 bits per heavy atom. The van der Waals surface area contributed by atoms with Gasteiger partial charge < -0.3 is 10.6 Å². The van der Waals surface area contributed by atoms with Crippen LogP contribution in [-0.4, -0.2) is 50.4 Å². The maximum absolute atomic E-state index is 11.9. The Morgan fingerprint density at radius 1 is 1.47 bits per heavy atom. The maximum atomic E-state index is 11.9. The molecule has 6 heteroatoms. The smallest absolute Gasteiger partial charge is 0.239 e. The highest BCUT2D eigenvalue weighted by Crippen LogP contribution is 2.34. The molecule has 0 spiro atoms. The molecular weight excluding hydrogens is 240 g/mol. The first kappa shape index (κ1) is 14.4. The summed E-state index contributed by atoms with van der Waals surface area (Å²) in [7, 11) is -1.31. The summed E-state index contributed by atoms with van der Waals surface area (Å²) >= 11 is 0. The molecule has 0 saturated heterocycles. The van der Waals surface area contributed by atoms with Gasteiger partial charge >= 0.3 is 0 Å². The zero-order valence-corrected chi connectivity index (χ0v) is 11.5. The van der Waals surface area contributed by atoms with Gasteiger partial charge in [0, 0.05) is 19.3 Å². The summed E-state index contributed by atoms with van der Waals surface area (Å²) in [6.45, 7) is 2.01. The van der Waals surface area contributed by atoms with Crippen LogP contribution in [0.25, 0.3) is 0 Å². The molecule has 5 nitrogen and oxygen atoms in total. The van der Waals surface area contributed by atoms with Gasteiger partial charge in [0.25, 0.3) is 0 Å². The van der Waals surface area contributed by atoms with E-state index in [0.29, 0.717) is 5.92 Å². The van der Waals surface area contributed by atoms with Crippen LogP contribution in [0, 0.1) is 5.92 Å². The van der Waals surface area contributed by atoms with Crippen LogP contribution < -0.4 is 5.73 Å². The SMILES string of the molecule is CC(C1CC1)N(C)C(=O)C(N)CCS(C)(=O)=O. The van der Waals surface area contributed by atoms with E-state index in [-0.39, 0.29) is 24.1 Å². The second-order valence-electron chi connectivity index (χ2n) is 5.05. The van der Waals surface area contributed by atoms with E-state index in [1.807, 2.05) is 6.92 Å². The van der Waals surface area contributed by atoms with E-state index in [2.05, 4.69) is 0 Å². The lowest BCUT2D eigenvalue weighted by Gasteiger charge is -2.27. The van der Waals surface area contributed by atoms with E-state index < -0.39 is 15.9 Å². The third-order valence-corrected chi connectivity index (χ3v) is 4.36. The van der Waals surface area contributed by atoms with Gasteiger partial charge in [0.1, 0.15) is 9.84 Å². The average molecular weight is 262 g/mol. The molecule has 1 amide bonds. The van der Waals surface area contributed by atoms with E-state index in [1.165, 1.54) is 0 Å². The molecular formula is C11H22N2O3S. The van der Waals surface area contributed by atoms with E-state index >= 15 is 0 Å². The molecule has 0 bridgehead atoms. The van der Waals surface area contributed by atoms with E-state index in [1.54, 1.807) is 11.9 Å². The number of carbonyl (C=O) groups excluding carboxylic acids is 1. The van der Waals surface area contributed by atoms with Gasteiger partial charge in [-0.05, 0) is 32.1 Å². The van der Waals surface area contributed by atoms with Gasteiger partial charge in [0.15, 0.2) is 0 Å². The summed E-state index contributed by atoms with van der Waals surface area (Å²) in [5, 5.41) is 0. The first-order valence-electron chi connectivity index (χ1n) is 5.92. The van der Waals surface area contributed by atoms with Crippen molar-refractivity contribution in [2.75, 3.05) is 19.1 Å². The molecule has 0 heterocycles. The van der Waals surface area contributed by atoms with Crippen LogP contribution in [0.3, 0.4) is 0 Å². The van der Waals surface area contributed by atoms with Crippen molar-refractivity contribution in [2.24, 2.45) is 11.7 Å². The van der Waals surface area contributed by atoms with Crippen molar-refractivity contribution in [2.45, 2.75) is 38.3 Å². The molecule has 1 aliphatic carbocycles. The number of nitrogens with two attached hydrogens (primary N) is 1. The average Bonchev–Trinajstić information content (AvgIpc) is 3.05. The Kier molecular flexibility index (Phi) is 4.55. The summed E-state index contributed by atoms with van der Waals surface area (Å²) in [4.78, 5) is 13.6. The molecule has 17 heavy (non-hydrogen) atoms. The summed E-state index contributed by atoms with van der Waals surface area (Å²) < 4.78 is 22.0. The second kappa shape index (κ2) is 5.35. The van der Waals surface area contributed by atoms with Gasteiger partial charge in [0.2, 0.25) is 5.91 Å². The molecule has 0 aromatic heterocycles. The van der Waals surface area contributed by atoms with Crippen molar-refractivity contribution in [3.63, 3.8) is 0 Å². The number of nitrogens with zero attached hydrogens (tertiary/aromatic N) is 1. The first-order chi connectivity index (χ1) is 7.72. The quantitative estimate of drug-likeness (QED) is 0.731. The number of likely N-dealkylation sites (N-methyl/N-ethyl adjacent to an activating group) is 1. The summed E-state index contributed by atoms with van der Waals surface area (Å²) in [6.07, 6.45) is 3.68. The van der Waals surface area contributed by atoms with Crippen molar-refractivity contribution >= 4 is 15.7 Å². The van der Waals surface area contributed by atoms with Crippen molar-refractivity contribution in [3.8, 4) is 0 Å². The highest BCUT2D eigenvalue weighted by atomic mass is 32.2. The van der Waals surface area contributed by atoms with Crippen molar-refractivity contribution in [3.05, 3.63) is 0 Å². The molecule has 0 aromatic rings. The summed E-state index contributed by atoms with van der Waals surface area (Å²) in [5.41, 5.74) is 5.73. The van der Waals surface area contributed by atoms with E-state index in [9.17, 15) is 13.2 Å². The van der Waals surface area contributed by atoms with Crippen LogP contribution in [0.15, 0.2) is 0 Å². The predicted octanol–water partition coefficient (Wildman–Crippen LogP) is 0.00530. The van der Waals surface area contributed by atoms with Crippen molar-refractivity contribution in [1.82, 2.24) is 4.90 Å². The Labute approximate surface area is 103 Å². The Morgan fingerprint density at radius 3 is 2.41 bits per heavy atom. The van der Waals surface area contributed by atoms with Crippen LogP contribution in [0.5, 0.6) is 0 Å². The summed E-state index contributed by atoms with van der Waals surface area (Å²) in [6, 6.07) is -0.511. The standard InChI is InChI=1S/C11H22N2O3S/c1-8(9-4-5-9)13(2)11(14)10(12)6-7-17(3,15)16/h8-10H,4-7,12H2,1-3H3. The third kappa shape index (κ3) is 4.63. The van der Waals surface area contributed by atoms with Crippen LogP contribution in [-0.2, 0) is 14.6 Å². The minimum absolute atomic E-state index is 0.0362. The number of hydrogen-bond acceptors (Lipinski definition) is 4. The van der Waals surface area contributed by atoms with E-state index in [0.717, 1.165) is 19.1 Å². The van der Waals surface area contributed by atoms with Crippen LogP contribution in [0.4, 0.5) is 0 Å². The highest BCUT2D eigenvalue weighted by molar-refractivity contribution is 7.90. The van der Waals surface area contributed by atoms with Gasteiger partial charge in [0.05, 0.1) is 11.8 Å². The lowest BCUT2D eigenvalue weighted by atomic mass is 10.1. The zero-order valence-electron chi connectivity index (χ0n) is 10.7. The maximum Gasteiger partial charge on any atom is 0.239 e. The predicted molar refractivity (Wildman–Crippen MR) is 67.3 cm³/mol. The fraction of sp³-hybridized carbons (Fsp3) is 0.909. The van der Waals surface area contributed by atoms with Gasteiger partial charge in [-0.1, -0.05) is 0 Å². The number of carbonyl (C=O) groups is 1. The molecule has 100 valence electrons. The minimum Gasteiger partial charge on any atom is -0.341 e. The fourth-order valence-electron chi connectivity index (χ4n) is 1.82. The fourth-order valence-corrected chi connectivity index (χ4v) is 2.50. The molecule has 0 aliphatic heterocycles. The van der Waals surface area contributed by atoms with Gasteiger partial charge in [-0.15, -0.1) is 0 Å². The molecule has 2 atom stereocenters. The van der Waals surface area contributed by atoms with Crippen LogP contribution >= 0.6 is 0 Å². The lowest BCUT2D eigenvalue weighted by Crippen LogP contribution is -2.46. The summed E-state index contributed by atoms with van der Waals surface area (Å²) in [5.74, 6) is 0.394. The minimum atomic E-state index is -3.05. The van der Waals surface area contributed by atoms with Crippen LogP contribution in [0.1, 0.15) is 26.2 Å². The largest absolute Gasteiger partial charge is 0.341 e. The number of rotatable bonds is 6. The molecule has 1 rings (SSSR count). The van der Waals surface area contributed by atoms with E-state index in [4.69, 9.17) is 5.73 Å². The van der Waals surface area contributed by atoms with Crippen LogP contribution in [0.2, 0.25) is 0 Å². The Bertz CT molecular complexity index is 376. The van der Waals surface area contributed by atoms with Crippen molar-refractivity contribution in [1.29, 1.82) is 0 Å². The number of hydrogen-bond donors (Lipinski definition) is 1. The lowest BCUT2D eigenvalue weighted by molar-refractivity contribution is -0.133. The third-order valence-electron chi connectivity index (χ3n) is 3.38. The Hall–Kier alpha value is -0.620. The molecule has 1 saturated carbocycles. The molecule has 2 unspecified atom stereocenters. The number of sulfone groups is 1. The zero-order chi connectivity index (χ0) is 13.2. The second-order valence-corrected chi connectivity index (χ2v) is 7.31. The number of amides is 1. The first-order valence-corrected chi connectivity index (χ1v) is 7.98. The normalized spacial score (nSPS) is 19.8. The highest BCUT2D eigenvalue weighted by Gasteiger charge is 2.33. The Balaban J connectivity index is 2.45. The monoisotopic (exact) mass is 262 g/mol.